The van der Waals surface area contributed by atoms with Crippen LogP contribution in [0.3, 0.4) is 0 Å². The predicted octanol–water partition coefficient (Wildman–Crippen LogP) is 3.29. The summed E-state index contributed by atoms with van der Waals surface area (Å²) < 4.78 is 0. The first kappa shape index (κ1) is 10.9. The van der Waals surface area contributed by atoms with Gasteiger partial charge in [-0.3, -0.25) is 0 Å². The van der Waals surface area contributed by atoms with Gasteiger partial charge in [0.05, 0.1) is 0 Å². The van der Waals surface area contributed by atoms with Crippen LogP contribution in [0.2, 0.25) is 0 Å². The van der Waals surface area contributed by atoms with Crippen molar-refractivity contribution in [1.29, 1.82) is 0 Å². The number of thiol groups is 1. The van der Waals surface area contributed by atoms with Crippen molar-refractivity contribution < 1.29 is 5.11 Å². The molecule has 0 radical (unpaired) electrons. The number of hydrogen-bond donors (Lipinski definition) is 3. The average molecular weight is 231 g/mol. The molecule has 0 heterocycles. The van der Waals surface area contributed by atoms with Crippen molar-refractivity contribution in [2.75, 3.05) is 5.32 Å². The summed E-state index contributed by atoms with van der Waals surface area (Å²) in [4.78, 5) is 0.901. The minimum Gasteiger partial charge on any atom is -0.508 e. The molecule has 2 rings (SSSR count). The molecule has 2 aromatic rings. The number of nitrogens with one attached hydrogen (secondary N) is 1. The maximum Gasteiger partial charge on any atom is 0.120 e. The second-order valence-corrected chi connectivity index (χ2v) is 3.98. The third kappa shape index (κ3) is 2.49. The van der Waals surface area contributed by atoms with Crippen molar-refractivity contribution in [1.82, 2.24) is 0 Å². The highest BCUT2D eigenvalue weighted by Gasteiger charge is 2.00. The molecule has 0 aromatic heterocycles. The Balaban J connectivity index is 2.09. The van der Waals surface area contributed by atoms with Gasteiger partial charge in [-0.25, -0.2) is 0 Å². The minimum atomic E-state index is 0.312. The first-order chi connectivity index (χ1) is 7.77. The minimum absolute atomic E-state index is 0.312. The van der Waals surface area contributed by atoms with E-state index in [4.69, 9.17) is 0 Å². The molecule has 0 spiro atoms. The Kier molecular flexibility index (Phi) is 3.37. The van der Waals surface area contributed by atoms with E-state index in [1.165, 1.54) is 0 Å². The van der Waals surface area contributed by atoms with Gasteiger partial charge in [-0.05, 0) is 18.2 Å². The third-order valence-corrected chi connectivity index (χ3v) is 2.75. The van der Waals surface area contributed by atoms with Gasteiger partial charge in [0, 0.05) is 22.7 Å². The zero-order valence-electron chi connectivity index (χ0n) is 8.72. The normalized spacial score (nSPS) is 10.1. The Labute approximate surface area is 100 Å². The van der Waals surface area contributed by atoms with Gasteiger partial charge < -0.3 is 10.4 Å². The van der Waals surface area contributed by atoms with E-state index in [0.29, 0.717) is 12.3 Å². The maximum absolute atomic E-state index is 9.60. The molecule has 2 aromatic carbocycles. The molecule has 16 heavy (non-hydrogen) atoms. The molecule has 2 nitrogen and oxygen atoms in total. The standard InChI is InChI=1S/C13H13NOS/c15-12-7-3-1-5-10(12)9-14-11-6-2-4-8-13(11)16/h1-8,14-16H,9H2. The summed E-state index contributed by atoms with van der Waals surface area (Å²) in [6, 6.07) is 15.1. The number of phenolic OH excluding ortho intramolecular Hbond substituents is 1. The summed E-state index contributed by atoms with van der Waals surface area (Å²) in [7, 11) is 0. The van der Waals surface area contributed by atoms with Crippen LogP contribution >= 0.6 is 12.6 Å². The lowest BCUT2D eigenvalue weighted by atomic mass is 10.2. The second-order valence-electron chi connectivity index (χ2n) is 3.50. The molecular weight excluding hydrogens is 218 g/mol. The van der Waals surface area contributed by atoms with Crippen molar-refractivity contribution in [3.63, 3.8) is 0 Å². The van der Waals surface area contributed by atoms with Gasteiger partial charge in [-0.2, -0.15) is 0 Å². The number of rotatable bonds is 3. The highest BCUT2D eigenvalue weighted by atomic mass is 32.1. The lowest BCUT2D eigenvalue weighted by molar-refractivity contribution is 0.469. The molecule has 0 bridgehead atoms. The average Bonchev–Trinajstić information content (AvgIpc) is 2.30. The van der Waals surface area contributed by atoms with Gasteiger partial charge in [0.25, 0.3) is 0 Å². The molecule has 0 aliphatic heterocycles. The fourth-order valence-electron chi connectivity index (χ4n) is 1.47. The van der Waals surface area contributed by atoms with Gasteiger partial charge in [0.1, 0.15) is 5.75 Å². The number of para-hydroxylation sites is 2. The van der Waals surface area contributed by atoms with Crippen molar-refractivity contribution in [2.45, 2.75) is 11.4 Å². The fraction of sp³-hybridized carbons (Fsp3) is 0.0769. The number of benzene rings is 2. The molecule has 0 saturated heterocycles. The molecule has 0 atom stereocenters. The quantitative estimate of drug-likeness (QED) is 0.708. The van der Waals surface area contributed by atoms with E-state index in [0.717, 1.165) is 16.1 Å². The Bertz CT molecular complexity index is 439. The third-order valence-electron chi connectivity index (χ3n) is 2.36. The highest BCUT2D eigenvalue weighted by molar-refractivity contribution is 7.80. The van der Waals surface area contributed by atoms with Crippen LogP contribution in [0, 0.1) is 0 Å². The molecule has 0 amide bonds. The van der Waals surface area contributed by atoms with E-state index in [2.05, 4.69) is 17.9 Å². The largest absolute Gasteiger partial charge is 0.508 e. The number of hydrogen-bond acceptors (Lipinski definition) is 3. The van der Waals surface area contributed by atoms with Crippen LogP contribution in [-0.4, -0.2) is 5.11 Å². The van der Waals surface area contributed by atoms with Gasteiger partial charge in [-0.1, -0.05) is 30.3 Å². The van der Waals surface area contributed by atoms with E-state index in [9.17, 15) is 5.11 Å². The van der Waals surface area contributed by atoms with Gasteiger partial charge in [0.2, 0.25) is 0 Å². The summed E-state index contributed by atoms with van der Waals surface area (Å²) in [6.45, 7) is 0.588. The van der Waals surface area contributed by atoms with Crippen LogP contribution in [0.4, 0.5) is 5.69 Å². The lowest BCUT2D eigenvalue weighted by Crippen LogP contribution is -2.00. The molecule has 0 aliphatic carbocycles. The summed E-state index contributed by atoms with van der Waals surface area (Å²) in [5, 5.41) is 12.8. The number of phenols is 1. The van der Waals surface area contributed by atoms with Crippen molar-refractivity contribution >= 4 is 18.3 Å². The van der Waals surface area contributed by atoms with Crippen LogP contribution in [0.5, 0.6) is 5.75 Å². The first-order valence-electron chi connectivity index (χ1n) is 5.06. The topological polar surface area (TPSA) is 32.3 Å². The highest BCUT2D eigenvalue weighted by Crippen LogP contribution is 2.21. The van der Waals surface area contributed by atoms with Crippen LogP contribution in [0.25, 0.3) is 0 Å². The molecule has 2 N–H and O–H groups in total. The lowest BCUT2D eigenvalue weighted by Gasteiger charge is -2.09. The van der Waals surface area contributed by atoms with E-state index in [1.807, 2.05) is 42.5 Å². The monoisotopic (exact) mass is 231 g/mol. The molecule has 3 heteroatoms. The van der Waals surface area contributed by atoms with Crippen molar-refractivity contribution in [2.24, 2.45) is 0 Å². The van der Waals surface area contributed by atoms with Crippen LogP contribution in [0.15, 0.2) is 53.4 Å². The second kappa shape index (κ2) is 4.94. The molecule has 0 fully saturated rings. The van der Waals surface area contributed by atoms with Crippen LogP contribution < -0.4 is 5.32 Å². The predicted molar refractivity (Wildman–Crippen MR) is 69.1 cm³/mol. The zero-order valence-corrected chi connectivity index (χ0v) is 9.61. The van der Waals surface area contributed by atoms with E-state index >= 15 is 0 Å². The summed E-state index contributed by atoms with van der Waals surface area (Å²) >= 11 is 4.35. The molecular formula is C13H13NOS. The van der Waals surface area contributed by atoms with Gasteiger partial charge in [-0.15, -0.1) is 12.6 Å². The zero-order chi connectivity index (χ0) is 11.4. The Morgan fingerprint density at radius 1 is 1.00 bits per heavy atom. The SMILES string of the molecule is Oc1ccccc1CNc1ccccc1S. The van der Waals surface area contributed by atoms with Crippen LogP contribution in [-0.2, 0) is 6.54 Å². The maximum atomic E-state index is 9.60. The Morgan fingerprint density at radius 3 is 2.44 bits per heavy atom. The Morgan fingerprint density at radius 2 is 1.69 bits per heavy atom. The summed E-state index contributed by atoms with van der Waals surface area (Å²) in [5.74, 6) is 0.312. The van der Waals surface area contributed by atoms with Gasteiger partial charge in [0.15, 0.2) is 0 Å². The first-order valence-corrected chi connectivity index (χ1v) is 5.51. The van der Waals surface area contributed by atoms with Gasteiger partial charge >= 0.3 is 0 Å². The number of anilines is 1. The van der Waals surface area contributed by atoms with Crippen molar-refractivity contribution in [3.8, 4) is 5.75 Å². The molecule has 0 saturated carbocycles. The molecule has 0 unspecified atom stereocenters. The molecule has 0 aliphatic rings. The summed E-state index contributed by atoms with van der Waals surface area (Å²) in [6.07, 6.45) is 0. The number of aromatic hydroxyl groups is 1. The fourth-order valence-corrected chi connectivity index (χ4v) is 1.71. The Hall–Kier alpha value is -1.61. The van der Waals surface area contributed by atoms with Crippen LogP contribution in [0.1, 0.15) is 5.56 Å². The van der Waals surface area contributed by atoms with Crippen molar-refractivity contribution in [3.05, 3.63) is 54.1 Å². The smallest absolute Gasteiger partial charge is 0.120 e. The van der Waals surface area contributed by atoms with E-state index < -0.39 is 0 Å². The summed E-state index contributed by atoms with van der Waals surface area (Å²) in [5.41, 5.74) is 1.84. The van der Waals surface area contributed by atoms with E-state index in [-0.39, 0.29) is 0 Å². The molecule has 82 valence electrons. The van der Waals surface area contributed by atoms with E-state index in [1.54, 1.807) is 6.07 Å².